The van der Waals surface area contributed by atoms with Gasteiger partial charge in [0.15, 0.2) is 0 Å². The van der Waals surface area contributed by atoms with Gasteiger partial charge in [0.05, 0.1) is 35.5 Å². The molecule has 1 aromatic carbocycles. The largest absolute Gasteiger partial charge is 0.507 e. The van der Waals surface area contributed by atoms with Gasteiger partial charge < -0.3 is 15.3 Å². The predicted octanol–water partition coefficient (Wildman–Crippen LogP) is 3.67. The molecule has 0 aliphatic carbocycles. The Morgan fingerprint density at radius 1 is 1.06 bits per heavy atom. The number of nitrogens with one attached hydrogen (secondary N) is 1. The topological polar surface area (TPSA) is 87.1 Å². The number of aryl methyl sites for hydroxylation is 1. The van der Waals surface area contributed by atoms with Crippen LogP contribution in [0.25, 0.3) is 22.5 Å². The molecule has 3 aromatic rings. The number of rotatable bonds is 4. The van der Waals surface area contributed by atoms with Crippen LogP contribution in [0.2, 0.25) is 0 Å². The molecule has 0 spiro atoms. The van der Waals surface area contributed by atoms with Gasteiger partial charge >= 0.3 is 0 Å². The van der Waals surface area contributed by atoms with Gasteiger partial charge in [0.25, 0.3) is 0 Å². The molecule has 2 N–H and O–H groups in total. The second-order valence-corrected chi connectivity index (χ2v) is 8.81. The van der Waals surface area contributed by atoms with Gasteiger partial charge in [-0.1, -0.05) is 12.5 Å². The van der Waals surface area contributed by atoms with Crippen LogP contribution in [0.4, 0.5) is 10.2 Å². The molecule has 7 nitrogen and oxygen atoms in total. The average molecular weight is 435 g/mol. The maximum atomic E-state index is 15.1. The highest BCUT2D eigenvalue weighted by Gasteiger charge is 2.41. The molecule has 5 rings (SSSR count). The minimum absolute atomic E-state index is 0.0733. The van der Waals surface area contributed by atoms with Crippen molar-refractivity contribution in [1.82, 2.24) is 25.5 Å². The molecular formula is C24H27FN6O. The summed E-state index contributed by atoms with van der Waals surface area (Å²) in [5, 5.41) is 22.2. The van der Waals surface area contributed by atoms with Crippen LogP contribution in [0.15, 0.2) is 42.7 Å². The van der Waals surface area contributed by atoms with Gasteiger partial charge in [-0.25, -0.2) is 9.37 Å². The fourth-order valence-corrected chi connectivity index (χ4v) is 4.82. The third kappa shape index (κ3) is 3.90. The summed E-state index contributed by atoms with van der Waals surface area (Å²) in [5.41, 5.74) is 3.43. The Morgan fingerprint density at radius 2 is 1.94 bits per heavy atom. The Bertz CT molecular complexity index is 1090. The van der Waals surface area contributed by atoms with Gasteiger partial charge in [-0.3, -0.25) is 4.98 Å². The molecule has 2 aliphatic heterocycles. The molecule has 2 saturated heterocycles. The van der Waals surface area contributed by atoms with Crippen molar-refractivity contribution in [2.45, 2.75) is 56.9 Å². The van der Waals surface area contributed by atoms with Crippen LogP contribution < -0.4 is 10.2 Å². The molecule has 2 aromatic heterocycles. The van der Waals surface area contributed by atoms with Crippen molar-refractivity contribution in [3.63, 3.8) is 0 Å². The van der Waals surface area contributed by atoms with Gasteiger partial charge in [0, 0.05) is 30.3 Å². The number of hydrogen-bond acceptors (Lipinski definition) is 7. The summed E-state index contributed by atoms with van der Waals surface area (Å²) in [5.74, 6) is 0.725. The number of phenols is 1. The number of aromatic nitrogens is 4. The van der Waals surface area contributed by atoms with Gasteiger partial charge in [-0.05, 0) is 50.5 Å². The monoisotopic (exact) mass is 434 g/mol. The zero-order valence-electron chi connectivity index (χ0n) is 18.2. The van der Waals surface area contributed by atoms with E-state index in [0.717, 1.165) is 36.9 Å². The average Bonchev–Trinajstić information content (AvgIpc) is 2.82. The van der Waals surface area contributed by atoms with Gasteiger partial charge in [-0.2, -0.15) is 10.2 Å². The SMILES string of the molecule is Cc1ccc(-c2ccc(-c3cnc(N(C)[C@H]4CC5CCCC(N5)[C@H]4F)cn3)c(O)c2)nn1. The molecule has 2 unspecified atom stereocenters. The summed E-state index contributed by atoms with van der Waals surface area (Å²) in [6, 6.07) is 9.15. The lowest BCUT2D eigenvalue weighted by molar-refractivity contribution is 0.107. The zero-order chi connectivity index (χ0) is 22.2. The molecule has 0 amide bonds. The highest BCUT2D eigenvalue weighted by atomic mass is 19.1. The highest BCUT2D eigenvalue weighted by molar-refractivity contribution is 5.72. The summed E-state index contributed by atoms with van der Waals surface area (Å²) >= 11 is 0. The molecule has 0 saturated carbocycles. The number of hydrogen-bond donors (Lipinski definition) is 2. The van der Waals surface area contributed by atoms with Crippen molar-refractivity contribution in [3.8, 4) is 28.3 Å². The van der Waals surface area contributed by atoms with E-state index >= 15 is 4.39 Å². The summed E-state index contributed by atoms with van der Waals surface area (Å²) in [6.07, 6.45) is 6.19. The number of benzene rings is 1. The van der Waals surface area contributed by atoms with E-state index in [1.807, 2.05) is 37.1 Å². The maximum Gasteiger partial charge on any atom is 0.147 e. The van der Waals surface area contributed by atoms with Gasteiger partial charge in [0.2, 0.25) is 0 Å². The van der Waals surface area contributed by atoms with E-state index in [1.165, 1.54) is 0 Å². The van der Waals surface area contributed by atoms with E-state index in [2.05, 4.69) is 25.5 Å². The molecule has 2 bridgehead atoms. The molecule has 32 heavy (non-hydrogen) atoms. The first-order valence-electron chi connectivity index (χ1n) is 11.1. The van der Waals surface area contributed by atoms with Crippen LogP contribution in [0.3, 0.4) is 0 Å². The molecular weight excluding hydrogens is 407 g/mol. The second-order valence-electron chi connectivity index (χ2n) is 8.81. The van der Waals surface area contributed by atoms with Gasteiger partial charge in [-0.15, -0.1) is 0 Å². The minimum Gasteiger partial charge on any atom is -0.507 e. The Hall–Kier alpha value is -3.13. The summed E-state index contributed by atoms with van der Waals surface area (Å²) in [7, 11) is 1.89. The molecule has 4 heterocycles. The molecule has 0 radical (unpaired) electrons. The summed E-state index contributed by atoms with van der Waals surface area (Å²) in [6.45, 7) is 1.88. The number of halogens is 1. The maximum absolute atomic E-state index is 15.1. The Labute approximate surface area is 186 Å². The first-order chi connectivity index (χ1) is 15.5. The summed E-state index contributed by atoms with van der Waals surface area (Å²) < 4.78 is 15.1. The molecule has 2 aliphatic rings. The first-order valence-corrected chi connectivity index (χ1v) is 11.1. The Balaban J connectivity index is 1.35. The predicted molar refractivity (Wildman–Crippen MR) is 121 cm³/mol. The van der Waals surface area contributed by atoms with Crippen molar-refractivity contribution >= 4 is 5.82 Å². The first kappa shape index (κ1) is 20.8. The van der Waals surface area contributed by atoms with Crippen molar-refractivity contribution in [1.29, 1.82) is 0 Å². The minimum atomic E-state index is -0.931. The van der Waals surface area contributed by atoms with E-state index in [9.17, 15) is 5.11 Å². The van der Waals surface area contributed by atoms with Crippen molar-refractivity contribution in [2.75, 3.05) is 11.9 Å². The number of piperidine rings is 2. The molecule has 4 atom stereocenters. The summed E-state index contributed by atoms with van der Waals surface area (Å²) in [4.78, 5) is 10.9. The number of anilines is 1. The Kier molecular flexibility index (Phi) is 5.46. The standard InChI is InChI=1S/C24H27FN6O/c1-14-6-9-18(30-29-14)15-7-8-17(22(32)10-15)20-12-27-23(13-26-20)31(2)21-11-16-4-3-5-19(28-16)24(21)25/h6-10,12-13,16,19,21,24,28,32H,3-5,11H2,1-2H3/t16?,19?,21-,24+/m0/s1. The fraction of sp³-hybridized carbons (Fsp3) is 0.417. The number of aromatic hydroxyl groups is 1. The van der Waals surface area contributed by atoms with E-state index < -0.39 is 6.17 Å². The van der Waals surface area contributed by atoms with E-state index in [1.54, 1.807) is 24.5 Å². The fourth-order valence-electron chi connectivity index (χ4n) is 4.82. The van der Waals surface area contributed by atoms with Crippen LogP contribution >= 0.6 is 0 Å². The van der Waals surface area contributed by atoms with E-state index in [4.69, 9.17) is 0 Å². The molecule has 2 fully saturated rings. The van der Waals surface area contributed by atoms with Crippen LogP contribution in [-0.2, 0) is 0 Å². The quantitative estimate of drug-likeness (QED) is 0.648. The lowest BCUT2D eigenvalue weighted by Gasteiger charge is -2.46. The van der Waals surface area contributed by atoms with Crippen LogP contribution in [0.1, 0.15) is 31.4 Å². The number of alkyl halides is 1. The van der Waals surface area contributed by atoms with Crippen molar-refractivity contribution in [2.24, 2.45) is 0 Å². The third-order valence-electron chi connectivity index (χ3n) is 6.66. The normalized spacial score (nSPS) is 24.8. The van der Waals surface area contributed by atoms with Crippen molar-refractivity contribution in [3.05, 3.63) is 48.4 Å². The molecule has 166 valence electrons. The van der Waals surface area contributed by atoms with E-state index in [0.29, 0.717) is 28.8 Å². The van der Waals surface area contributed by atoms with Crippen LogP contribution in [0.5, 0.6) is 5.75 Å². The van der Waals surface area contributed by atoms with Crippen LogP contribution in [-0.4, -0.2) is 56.6 Å². The smallest absolute Gasteiger partial charge is 0.147 e. The molecule has 8 heteroatoms. The number of phenolic OH excluding ortho intramolecular Hbond substituents is 1. The van der Waals surface area contributed by atoms with E-state index in [-0.39, 0.29) is 17.8 Å². The van der Waals surface area contributed by atoms with Crippen molar-refractivity contribution < 1.29 is 9.50 Å². The highest BCUT2D eigenvalue weighted by Crippen LogP contribution is 2.34. The Morgan fingerprint density at radius 3 is 2.66 bits per heavy atom. The second kappa shape index (κ2) is 8.43. The number of nitrogens with zero attached hydrogens (tertiary/aromatic N) is 5. The zero-order valence-corrected chi connectivity index (χ0v) is 18.2. The third-order valence-corrected chi connectivity index (χ3v) is 6.66. The number of fused-ring (bicyclic) bond motifs is 2. The lowest BCUT2D eigenvalue weighted by atomic mass is 9.82. The van der Waals surface area contributed by atoms with Gasteiger partial charge in [0.1, 0.15) is 17.7 Å². The lowest BCUT2D eigenvalue weighted by Crippen LogP contribution is -2.61. The van der Waals surface area contributed by atoms with Crippen LogP contribution in [0, 0.1) is 6.92 Å².